The van der Waals surface area contributed by atoms with E-state index in [9.17, 15) is 9.59 Å². The number of carbonyl (C=O) groups is 2. The van der Waals surface area contributed by atoms with Gasteiger partial charge in [0.25, 0.3) is 0 Å². The highest BCUT2D eigenvalue weighted by atomic mass is 16.5. The lowest BCUT2D eigenvalue weighted by atomic mass is 9.47. The van der Waals surface area contributed by atoms with Crippen molar-refractivity contribution < 1.29 is 19.1 Å². The first-order valence-electron chi connectivity index (χ1n) is 11.2. The Balaban J connectivity index is 1.72. The van der Waals surface area contributed by atoms with Gasteiger partial charge in [0.15, 0.2) is 0 Å². The van der Waals surface area contributed by atoms with E-state index in [1.165, 1.54) is 32.3 Å². The number of esters is 2. The molecule has 4 aliphatic carbocycles. The van der Waals surface area contributed by atoms with Crippen LogP contribution in [0.2, 0.25) is 0 Å². The molecule has 0 aromatic carbocycles. The fraction of sp³-hybridized carbons (Fsp3) is 0.833. The van der Waals surface area contributed by atoms with E-state index >= 15 is 0 Å². The molecule has 0 bridgehead atoms. The first kappa shape index (κ1) is 20.0. The van der Waals surface area contributed by atoms with Gasteiger partial charge in [0.05, 0.1) is 0 Å². The van der Waals surface area contributed by atoms with Gasteiger partial charge in [-0.1, -0.05) is 26.3 Å². The van der Waals surface area contributed by atoms with E-state index in [-0.39, 0.29) is 35.0 Å². The maximum atomic E-state index is 12.0. The summed E-state index contributed by atoms with van der Waals surface area (Å²) in [6.07, 6.45) is 10.1. The second-order valence-corrected chi connectivity index (χ2v) is 10.5. The average molecular weight is 389 g/mol. The Labute approximate surface area is 169 Å². The van der Waals surface area contributed by atoms with Crippen molar-refractivity contribution in [2.75, 3.05) is 0 Å². The van der Waals surface area contributed by atoms with Crippen molar-refractivity contribution in [3.63, 3.8) is 0 Å². The molecule has 4 aliphatic rings. The molecular weight excluding hydrogens is 352 g/mol. The van der Waals surface area contributed by atoms with Crippen molar-refractivity contribution in [3.8, 4) is 0 Å². The van der Waals surface area contributed by atoms with Gasteiger partial charge in [0.1, 0.15) is 12.2 Å². The molecule has 4 nitrogen and oxygen atoms in total. The molecule has 0 aromatic heterocycles. The van der Waals surface area contributed by atoms with E-state index < -0.39 is 0 Å². The Morgan fingerprint density at radius 2 is 1.68 bits per heavy atom. The van der Waals surface area contributed by atoms with Crippen molar-refractivity contribution in [2.24, 2.45) is 34.5 Å². The summed E-state index contributed by atoms with van der Waals surface area (Å²) in [5, 5.41) is 0. The van der Waals surface area contributed by atoms with Gasteiger partial charge in [-0.15, -0.1) is 0 Å². The number of rotatable bonds is 2. The molecular formula is C24H36O4. The van der Waals surface area contributed by atoms with Crippen LogP contribution in [0.25, 0.3) is 0 Å². The number of fused-ring (bicyclic) bond motifs is 5. The van der Waals surface area contributed by atoms with Gasteiger partial charge in [0.2, 0.25) is 0 Å². The second kappa shape index (κ2) is 6.88. The van der Waals surface area contributed by atoms with Crippen LogP contribution in [0.1, 0.15) is 79.6 Å². The monoisotopic (exact) mass is 388 g/mol. The van der Waals surface area contributed by atoms with Gasteiger partial charge in [-0.2, -0.15) is 0 Å². The zero-order valence-corrected chi connectivity index (χ0v) is 18.1. The summed E-state index contributed by atoms with van der Waals surface area (Å²) in [5.74, 6) is 1.68. The molecule has 0 N–H and O–H groups in total. The third-order valence-corrected chi connectivity index (χ3v) is 8.88. The van der Waals surface area contributed by atoms with E-state index in [1.807, 2.05) is 0 Å². The van der Waals surface area contributed by atoms with Crippen LogP contribution in [-0.2, 0) is 19.1 Å². The Kier molecular flexibility index (Phi) is 4.91. The minimum absolute atomic E-state index is 0.00140. The molecule has 0 aliphatic heterocycles. The highest BCUT2D eigenvalue weighted by Gasteiger charge is 2.62. The van der Waals surface area contributed by atoms with E-state index in [0.717, 1.165) is 32.1 Å². The molecule has 28 heavy (non-hydrogen) atoms. The molecule has 0 spiro atoms. The molecule has 0 amide bonds. The Hall–Kier alpha value is -1.32. The predicted octanol–water partition coefficient (Wildman–Crippen LogP) is 5.06. The zero-order chi connectivity index (χ0) is 20.3. The van der Waals surface area contributed by atoms with Gasteiger partial charge in [-0.3, -0.25) is 9.59 Å². The fourth-order valence-corrected chi connectivity index (χ4v) is 7.46. The van der Waals surface area contributed by atoms with E-state index in [1.54, 1.807) is 0 Å². The summed E-state index contributed by atoms with van der Waals surface area (Å²) in [4.78, 5) is 23.6. The summed E-state index contributed by atoms with van der Waals surface area (Å²) >= 11 is 0. The highest BCUT2D eigenvalue weighted by Crippen LogP contribution is 2.65. The lowest BCUT2D eigenvalue weighted by molar-refractivity contribution is -0.166. The molecule has 8 atom stereocenters. The summed E-state index contributed by atoms with van der Waals surface area (Å²) in [6, 6.07) is 0. The summed E-state index contributed by atoms with van der Waals surface area (Å²) in [5.41, 5.74) is 1.75. The number of carbonyl (C=O) groups excluding carboxylic acids is 2. The standard InChI is InChI=1S/C24H36O4/c1-14-8-10-23(4)17(12-14)13-20(27-15(2)25)22-18-6-7-21(28-16(3)26)24(18,5)11-9-19(22)23/h13-14,18-22H,6-12H2,1-5H3/t14-,18?,19?,20?,21-,22?,23?,24?/m0/s1. The average Bonchev–Trinajstić information content (AvgIpc) is 2.92. The van der Waals surface area contributed by atoms with E-state index in [0.29, 0.717) is 23.7 Å². The number of hydrogen-bond donors (Lipinski definition) is 0. The first-order valence-corrected chi connectivity index (χ1v) is 11.2. The van der Waals surface area contributed by atoms with Crippen LogP contribution >= 0.6 is 0 Å². The number of allylic oxidation sites excluding steroid dienone is 1. The van der Waals surface area contributed by atoms with Crippen LogP contribution in [0, 0.1) is 34.5 Å². The number of ether oxygens (including phenoxy) is 2. The molecule has 6 unspecified atom stereocenters. The second-order valence-electron chi connectivity index (χ2n) is 10.5. The fourth-order valence-electron chi connectivity index (χ4n) is 7.46. The van der Waals surface area contributed by atoms with Crippen molar-refractivity contribution in [1.82, 2.24) is 0 Å². The summed E-state index contributed by atoms with van der Waals surface area (Å²) < 4.78 is 11.7. The van der Waals surface area contributed by atoms with E-state index in [2.05, 4.69) is 26.8 Å². The van der Waals surface area contributed by atoms with Crippen molar-refractivity contribution in [1.29, 1.82) is 0 Å². The summed E-state index contributed by atoms with van der Waals surface area (Å²) in [6.45, 7) is 10.2. The van der Waals surface area contributed by atoms with Gasteiger partial charge >= 0.3 is 11.9 Å². The maximum Gasteiger partial charge on any atom is 0.303 e. The smallest absolute Gasteiger partial charge is 0.303 e. The third-order valence-electron chi connectivity index (χ3n) is 8.88. The molecule has 0 aromatic rings. The quantitative estimate of drug-likeness (QED) is 0.490. The Morgan fingerprint density at radius 3 is 2.36 bits per heavy atom. The first-order chi connectivity index (χ1) is 13.1. The lowest BCUT2D eigenvalue weighted by Gasteiger charge is -2.59. The molecule has 0 saturated heterocycles. The molecule has 3 saturated carbocycles. The third kappa shape index (κ3) is 3.02. The minimum atomic E-state index is -0.185. The van der Waals surface area contributed by atoms with Gasteiger partial charge in [-0.25, -0.2) is 0 Å². The molecule has 0 heterocycles. The molecule has 156 valence electrons. The molecule has 4 rings (SSSR count). The maximum absolute atomic E-state index is 12.0. The van der Waals surface area contributed by atoms with Crippen molar-refractivity contribution in [3.05, 3.63) is 11.6 Å². The molecule has 4 heteroatoms. The predicted molar refractivity (Wildman–Crippen MR) is 107 cm³/mol. The highest BCUT2D eigenvalue weighted by molar-refractivity contribution is 5.67. The van der Waals surface area contributed by atoms with E-state index in [4.69, 9.17) is 9.47 Å². The molecule has 3 fully saturated rings. The van der Waals surface area contributed by atoms with Crippen LogP contribution in [-0.4, -0.2) is 24.1 Å². The normalized spacial score (nSPS) is 47.2. The van der Waals surface area contributed by atoms with Gasteiger partial charge in [-0.05, 0) is 74.2 Å². The van der Waals surface area contributed by atoms with Crippen molar-refractivity contribution in [2.45, 2.75) is 91.8 Å². The van der Waals surface area contributed by atoms with Crippen LogP contribution in [0.15, 0.2) is 11.6 Å². The van der Waals surface area contributed by atoms with Gasteiger partial charge < -0.3 is 9.47 Å². The largest absolute Gasteiger partial charge is 0.462 e. The van der Waals surface area contributed by atoms with Crippen LogP contribution in [0.4, 0.5) is 0 Å². The number of hydrogen-bond acceptors (Lipinski definition) is 4. The van der Waals surface area contributed by atoms with Crippen LogP contribution < -0.4 is 0 Å². The van der Waals surface area contributed by atoms with Gasteiger partial charge in [0, 0.05) is 25.2 Å². The van der Waals surface area contributed by atoms with Crippen molar-refractivity contribution >= 4 is 11.9 Å². The molecule has 0 radical (unpaired) electrons. The Bertz CT molecular complexity index is 697. The Morgan fingerprint density at radius 1 is 0.964 bits per heavy atom. The summed E-state index contributed by atoms with van der Waals surface area (Å²) in [7, 11) is 0. The van der Waals surface area contributed by atoms with Crippen LogP contribution in [0.3, 0.4) is 0 Å². The lowest BCUT2D eigenvalue weighted by Crippen LogP contribution is -2.55. The van der Waals surface area contributed by atoms with Crippen LogP contribution in [0.5, 0.6) is 0 Å². The zero-order valence-electron chi connectivity index (χ0n) is 18.1. The minimum Gasteiger partial charge on any atom is -0.462 e. The SMILES string of the molecule is CC(=O)OC1C=C2C[C@@H](C)CCC2(C)C2CCC3(C)C(CC[C@@H]3OC(C)=O)C12. The topological polar surface area (TPSA) is 52.6 Å².